The molecule has 26 heavy (non-hydrogen) atoms. The minimum atomic E-state index is -0.659. The highest BCUT2D eigenvalue weighted by atomic mass is 35.5. The molecule has 3 rings (SSSR count). The third-order valence-corrected chi connectivity index (χ3v) is 3.81. The van der Waals surface area contributed by atoms with Crippen molar-refractivity contribution in [2.24, 2.45) is 0 Å². The van der Waals surface area contributed by atoms with E-state index in [-0.39, 0.29) is 24.1 Å². The summed E-state index contributed by atoms with van der Waals surface area (Å²) in [5.41, 5.74) is 1.18. The highest BCUT2D eigenvalue weighted by molar-refractivity contribution is 6.29. The number of rotatable bonds is 5. The lowest BCUT2D eigenvalue weighted by Gasteiger charge is -2.21. The van der Waals surface area contributed by atoms with Crippen molar-refractivity contribution in [2.75, 3.05) is 4.90 Å². The number of benzene rings is 2. The molecule has 0 unspecified atom stereocenters. The molecule has 0 radical (unpaired) electrons. The minimum absolute atomic E-state index is 0.0450. The fourth-order valence-electron chi connectivity index (χ4n) is 2.29. The van der Waals surface area contributed by atoms with Crippen LogP contribution in [0.5, 0.6) is 0 Å². The number of hydrogen-bond acceptors (Lipinski definition) is 4. The first-order valence-electron chi connectivity index (χ1n) is 7.84. The maximum atomic E-state index is 14.0. The monoisotopic (exact) mass is 371 g/mol. The van der Waals surface area contributed by atoms with Crippen molar-refractivity contribution in [3.05, 3.63) is 88.8 Å². The molecule has 132 valence electrons. The number of nitrogens with zero attached hydrogens (tertiary/aromatic N) is 3. The van der Waals surface area contributed by atoms with Crippen LogP contribution in [-0.4, -0.2) is 16.3 Å². The van der Waals surface area contributed by atoms with Gasteiger partial charge in [0, 0.05) is 5.56 Å². The quantitative estimate of drug-likeness (QED) is 0.657. The van der Waals surface area contributed by atoms with Gasteiger partial charge in [0.1, 0.15) is 12.4 Å². The van der Waals surface area contributed by atoms with E-state index in [4.69, 9.17) is 16.3 Å². The maximum absolute atomic E-state index is 14.0. The summed E-state index contributed by atoms with van der Waals surface area (Å²) in [6.45, 7) is 0.0467. The van der Waals surface area contributed by atoms with Gasteiger partial charge in [-0.05, 0) is 23.8 Å². The Morgan fingerprint density at radius 2 is 1.73 bits per heavy atom. The summed E-state index contributed by atoms with van der Waals surface area (Å²) in [4.78, 5) is 13.8. The fraction of sp³-hybridized carbons (Fsp3) is 0.105. The molecule has 0 fully saturated rings. The molecule has 0 aliphatic rings. The molecule has 5 nitrogen and oxygen atoms in total. The summed E-state index contributed by atoms with van der Waals surface area (Å²) < 4.78 is 19.4. The summed E-state index contributed by atoms with van der Waals surface area (Å²) in [7, 11) is 0. The maximum Gasteiger partial charge on any atom is 0.416 e. The average molecular weight is 372 g/mol. The molecule has 0 saturated heterocycles. The Bertz CT molecular complexity index is 875. The van der Waals surface area contributed by atoms with Crippen molar-refractivity contribution in [3.8, 4) is 0 Å². The van der Waals surface area contributed by atoms with Gasteiger partial charge in [-0.3, -0.25) is 4.90 Å². The Balaban J connectivity index is 1.81. The predicted octanol–water partition coefficient (Wildman–Crippen LogP) is 4.61. The summed E-state index contributed by atoms with van der Waals surface area (Å²) in [5.74, 6) is -0.203. The zero-order valence-electron chi connectivity index (χ0n) is 13.7. The second kappa shape index (κ2) is 8.40. The van der Waals surface area contributed by atoms with E-state index in [1.165, 1.54) is 23.1 Å². The normalized spacial score (nSPS) is 10.4. The van der Waals surface area contributed by atoms with Gasteiger partial charge < -0.3 is 4.74 Å². The van der Waals surface area contributed by atoms with Gasteiger partial charge in [-0.15, -0.1) is 10.2 Å². The molecule has 0 bridgehead atoms. The van der Waals surface area contributed by atoms with Crippen LogP contribution in [0.25, 0.3) is 0 Å². The fourth-order valence-corrected chi connectivity index (χ4v) is 2.39. The van der Waals surface area contributed by atoms with Crippen LogP contribution >= 0.6 is 11.6 Å². The predicted molar refractivity (Wildman–Crippen MR) is 96.3 cm³/mol. The lowest BCUT2D eigenvalue weighted by molar-refractivity contribution is 0.146. The minimum Gasteiger partial charge on any atom is -0.444 e. The second-order valence-corrected chi connectivity index (χ2v) is 5.82. The number of halogens is 2. The summed E-state index contributed by atoms with van der Waals surface area (Å²) in [5, 5.41) is 7.83. The van der Waals surface area contributed by atoms with Crippen molar-refractivity contribution in [1.82, 2.24) is 10.2 Å². The van der Waals surface area contributed by atoms with Crippen LogP contribution < -0.4 is 4.90 Å². The van der Waals surface area contributed by atoms with E-state index in [1.54, 1.807) is 18.2 Å². The van der Waals surface area contributed by atoms with E-state index < -0.39 is 11.9 Å². The highest BCUT2D eigenvalue weighted by Gasteiger charge is 2.21. The average Bonchev–Trinajstić information content (AvgIpc) is 2.67. The number of carbonyl (C=O) groups excluding carboxylic acids is 1. The van der Waals surface area contributed by atoms with Crippen molar-refractivity contribution in [1.29, 1.82) is 0 Å². The molecule has 1 aromatic heterocycles. The van der Waals surface area contributed by atoms with Crippen LogP contribution in [0.4, 0.5) is 15.0 Å². The lowest BCUT2D eigenvalue weighted by atomic mass is 10.2. The van der Waals surface area contributed by atoms with Gasteiger partial charge in [0.15, 0.2) is 11.0 Å². The first-order valence-corrected chi connectivity index (χ1v) is 8.22. The largest absolute Gasteiger partial charge is 0.444 e. The first kappa shape index (κ1) is 17.8. The highest BCUT2D eigenvalue weighted by Crippen LogP contribution is 2.19. The van der Waals surface area contributed by atoms with Crippen LogP contribution in [0, 0.1) is 5.82 Å². The van der Waals surface area contributed by atoms with Crippen molar-refractivity contribution < 1.29 is 13.9 Å². The van der Waals surface area contributed by atoms with Gasteiger partial charge in [-0.1, -0.05) is 60.1 Å². The number of anilines is 1. The number of ether oxygens (including phenoxy) is 1. The van der Waals surface area contributed by atoms with Crippen LogP contribution in [0.3, 0.4) is 0 Å². The van der Waals surface area contributed by atoms with E-state index in [0.717, 1.165) is 5.56 Å². The first-order chi connectivity index (χ1) is 12.6. The Morgan fingerprint density at radius 1 is 1.00 bits per heavy atom. The second-order valence-electron chi connectivity index (χ2n) is 5.43. The number of hydrogen-bond donors (Lipinski definition) is 0. The zero-order valence-corrected chi connectivity index (χ0v) is 14.4. The topological polar surface area (TPSA) is 55.3 Å². The molecule has 1 amide bonds. The van der Waals surface area contributed by atoms with E-state index in [2.05, 4.69) is 10.2 Å². The number of amides is 1. The Hall–Kier alpha value is -2.99. The number of carbonyl (C=O) groups is 1. The third-order valence-electron chi connectivity index (χ3n) is 3.61. The van der Waals surface area contributed by atoms with Crippen LogP contribution in [-0.2, 0) is 17.9 Å². The zero-order chi connectivity index (χ0) is 18.4. The van der Waals surface area contributed by atoms with Crippen LogP contribution in [0.1, 0.15) is 11.1 Å². The molecule has 1 heterocycles. The van der Waals surface area contributed by atoms with E-state index in [0.29, 0.717) is 5.56 Å². The van der Waals surface area contributed by atoms with Gasteiger partial charge in [-0.25, -0.2) is 9.18 Å². The summed E-state index contributed by atoms with van der Waals surface area (Å²) >= 11 is 5.75. The van der Waals surface area contributed by atoms with Crippen molar-refractivity contribution >= 4 is 23.5 Å². The summed E-state index contributed by atoms with van der Waals surface area (Å²) in [6, 6.07) is 18.5. The molecule has 0 aliphatic heterocycles. The molecular weight excluding hydrogens is 357 g/mol. The Kier molecular flexibility index (Phi) is 5.76. The van der Waals surface area contributed by atoms with Crippen molar-refractivity contribution in [3.63, 3.8) is 0 Å². The van der Waals surface area contributed by atoms with Gasteiger partial charge >= 0.3 is 6.09 Å². The molecule has 0 saturated carbocycles. The smallest absolute Gasteiger partial charge is 0.416 e. The summed E-state index contributed by atoms with van der Waals surface area (Å²) in [6.07, 6.45) is -0.659. The van der Waals surface area contributed by atoms with Gasteiger partial charge in [0.05, 0.1) is 6.54 Å². The third kappa shape index (κ3) is 4.55. The van der Waals surface area contributed by atoms with Crippen LogP contribution in [0.15, 0.2) is 66.7 Å². The molecule has 0 aliphatic carbocycles. The molecule has 0 N–H and O–H groups in total. The van der Waals surface area contributed by atoms with Gasteiger partial charge in [0.2, 0.25) is 0 Å². The molecule has 0 atom stereocenters. The SMILES string of the molecule is O=C(OCc1ccccc1)N(Cc1ccccc1F)c1ccc(Cl)nn1. The Morgan fingerprint density at radius 3 is 2.42 bits per heavy atom. The van der Waals surface area contributed by atoms with Crippen LogP contribution in [0.2, 0.25) is 5.15 Å². The van der Waals surface area contributed by atoms with E-state index in [1.807, 2.05) is 30.3 Å². The van der Waals surface area contributed by atoms with Gasteiger partial charge in [-0.2, -0.15) is 0 Å². The Labute approximate surface area is 155 Å². The molecule has 0 spiro atoms. The molecule has 2 aromatic carbocycles. The molecule has 7 heteroatoms. The molecule has 3 aromatic rings. The standard InChI is InChI=1S/C19H15ClFN3O2/c20-17-10-11-18(23-22-17)24(12-15-8-4-5-9-16(15)21)19(25)26-13-14-6-2-1-3-7-14/h1-11H,12-13H2. The van der Waals surface area contributed by atoms with E-state index in [9.17, 15) is 9.18 Å². The lowest BCUT2D eigenvalue weighted by Crippen LogP contribution is -2.32. The molecular formula is C19H15ClFN3O2. The van der Waals surface area contributed by atoms with Crippen molar-refractivity contribution in [2.45, 2.75) is 13.2 Å². The van der Waals surface area contributed by atoms with E-state index >= 15 is 0 Å². The van der Waals surface area contributed by atoms with Gasteiger partial charge in [0.25, 0.3) is 0 Å². The number of aromatic nitrogens is 2.